The Morgan fingerprint density at radius 3 is 2.48 bits per heavy atom. The number of para-hydroxylation sites is 1. The molecule has 5 nitrogen and oxygen atoms in total. The second-order valence-electron chi connectivity index (χ2n) is 6.80. The Hall–Kier alpha value is -3.39. The monoisotopic (exact) mass is 430 g/mol. The van der Waals surface area contributed by atoms with Crippen LogP contribution in [0.4, 0.5) is 13.2 Å². The molecule has 2 aromatic carbocycles. The molecule has 2 N–H and O–H groups in total. The number of benzene rings is 2. The van der Waals surface area contributed by atoms with E-state index in [0.29, 0.717) is 22.7 Å². The molecule has 1 amide bonds. The van der Waals surface area contributed by atoms with Crippen LogP contribution in [-0.2, 0) is 4.74 Å². The van der Waals surface area contributed by atoms with Crippen molar-refractivity contribution >= 4 is 16.8 Å². The molecule has 0 bridgehead atoms. The average Bonchev–Trinajstić information content (AvgIpc) is 2.76. The van der Waals surface area contributed by atoms with E-state index in [1.54, 1.807) is 31.2 Å². The Morgan fingerprint density at radius 1 is 1.13 bits per heavy atom. The number of alkyl halides is 3. The number of rotatable bonds is 7. The van der Waals surface area contributed by atoms with Crippen molar-refractivity contribution < 1.29 is 27.8 Å². The molecule has 1 aromatic heterocycles. The van der Waals surface area contributed by atoms with E-state index in [2.05, 4.69) is 10.3 Å². The maximum atomic E-state index is 13.4. The summed E-state index contributed by atoms with van der Waals surface area (Å²) in [6.07, 6.45) is -3.75. The van der Waals surface area contributed by atoms with Crippen LogP contribution in [-0.4, -0.2) is 40.9 Å². The maximum Gasteiger partial charge on any atom is 0.422 e. The fourth-order valence-corrected chi connectivity index (χ4v) is 2.94. The van der Waals surface area contributed by atoms with Gasteiger partial charge in [0.25, 0.3) is 5.91 Å². The molecule has 0 saturated carbocycles. The van der Waals surface area contributed by atoms with Gasteiger partial charge >= 0.3 is 6.18 Å². The van der Waals surface area contributed by atoms with E-state index in [4.69, 9.17) is 4.74 Å². The van der Waals surface area contributed by atoms with Gasteiger partial charge in [-0.1, -0.05) is 48.5 Å². The molecule has 0 fully saturated rings. The van der Waals surface area contributed by atoms with Crippen molar-refractivity contribution in [1.29, 1.82) is 0 Å². The highest BCUT2D eigenvalue weighted by Crippen LogP contribution is 2.31. The Labute approximate surface area is 177 Å². The lowest BCUT2D eigenvalue weighted by Crippen LogP contribution is -2.52. The van der Waals surface area contributed by atoms with Gasteiger partial charge in [0, 0.05) is 10.9 Å². The van der Waals surface area contributed by atoms with Crippen molar-refractivity contribution in [1.82, 2.24) is 10.3 Å². The van der Waals surface area contributed by atoms with Gasteiger partial charge in [-0.25, -0.2) is 4.98 Å². The summed E-state index contributed by atoms with van der Waals surface area (Å²) in [4.78, 5) is 17.4. The van der Waals surface area contributed by atoms with Crippen molar-refractivity contribution in [3.8, 4) is 11.3 Å². The second kappa shape index (κ2) is 9.18. The first-order valence-electron chi connectivity index (χ1n) is 9.57. The lowest BCUT2D eigenvalue weighted by atomic mass is 10.0. The third-order valence-electron chi connectivity index (χ3n) is 4.65. The van der Waals surface area contributed by atoms with Gasteiger partial charge in [0.15, 0.2) is 5.60 Å². The minimum Gasteiger partial charge on any atom is -0.502 e. The van der Waals surface area contributed by atoms with E-state index in [1.807, 2.05) is 30.3 Å². The number of halogens is 3. The number of fused-ring (bicyclic) bond motifs is 1. The second-order valence-corrected chi connectivity index (χ2v) is 6.80. The minimum absolute atomic E-state index is 0.141. The van der Waals surface area contributed by atoms with Crippen LogP contribution in [0.1, 0.15) is 17.3 Å². The van der Waals surface area contributed by atoms with Gasteiger partial charge in [-0.15, -0.1) is 0 Å². The Morgan fingerprint density at radius 2 is 1.81 bits per heavy atom. The molecule has 1 heterocycles. The third kappa shape index (κ3) is 5.03. The summed E-state index contributed by atoms with van der Waals surface area (Å²) in [5.74, 6) is -0.761. The number of aromatic nitrogens is 1. The van der Waals surface area contributed by atoms with Crippen LogP contribution in [0.3, 0.4) is 0 Å². The summed E-state index contributed by atoms with van der Waals surface area (Å²) in [6, 6.07) is 17.5. The first-order valence-corrected chi connectivity index (χ1v) is 9.57. The standard InChI is InChI=1S/C23H21F3N2O3/c1-2-31-13-12-22(30,23(24,25)26)15-27-21(29)18-14-20(16-8-4-3-5-9-16)28-19-11-7-6-10-17(18)19/h3-14,30H,2,15H2,1H3,(H,27,29)/b13-12+. The molecular formula is C23H21F3N2O3. The van der Waals surface area contributed by atoms with E-state index in [0.717, 1.165) is 11.8 Å². The van der Waals surface area contributed by atoms with Gasteiger partial charge < -0.3 is 15.2 Å². The summed E-state index contributed by atoms with van der Waals surface area (Å²) in [5.41, 5.74) is -1.33. The molecule has 3 aromatic rings. The summed E-state index contributed by atoms with van der Waals surface area (Å²) < 4.78 is 45.0. The van der Waals surface area contributed by atoms with Crippen LogP contribution in [0.15, 0.2) is 73.0 Å². The molecule has 0 aliphatic carbocycles. The predicted molar refractivity (Wildman–Crippen MR) is 111 cm³/mol. The molecule has 0 aliphatic heterocycles. The summed E-state index contributed by atoms with van der Waals surface area (Å²) in [5, 5.41) is 12.8. The maximum absolute atomic E-state index is 13.4. The first-order chi connectivity index (χ1) is 14.7. The van der Waals surface area contributed by atoms with Gasteiger partial charge in [0.05, 0.1) is 36.2 Å². The zero-order valence-electron chi connectivity index (χ0n) is 16.7. The van der Waals surface area contributed by atoms with E-state index in [1.165, 1.54) is 6.07 Å². The average molecular weight is 430 g/mol. The first kappa shape index (κ1) is 22.3. The normalized spacial score (nSPS) is 13.8. The molecular weight excluding hydrogens is 409 g/mol. The topological polar surface area (TPSA) is 71.5 Å². The number of amides is 1. The molecule has 0 aliphatic rings. The third-order valence-corrected chi connectivity index (χ3v) is 4.65. The van der Waals surface area contributed by atoms with Crippen LogP contribution in [0.5, 0.6) is 0 Å². The van der Waals surface area contributed by atoms with Gasteiger partial charge in [-0.05, 0) is 25.1 Å². The highest BCUT2D eigenvalue weighted by atomic mass is 19.4. The van der Waals surface area contributed by atoms with Crippen LogP contribution in [0.25, 0.3) is 22.2 Å². The number of hydrogen-bond donors (Lipinski definition) is 2. The summed E-state index contributed by atoms with van der Waals surface area (Å²) in [6.45, 7) is 0.663. The van der Waals surface area contributed by atoms with Crippen molar-refractivity contribution in [3.05, 3.63) is 78.6 Å². The van der Waals surface area contributed by atoms with Crippen molar-refractivity contribution in [3.63, 3.8) is 0 Å². The zero-order chi connectivity index (χ0) is 22.5. The quantitative estimate of drug-likeness (QED) is 0.543. The summed E-state index contributed by atoms with van der Waals surface area (Å²) >= 11 is 0. The lowest BCUT2D eigenvalue weighted by molar-refractivity contribution is -0.237. The van der Waals surface area contributed by atoms with Crippen LogP contribution in [0, 0.1) is 0 Å². The highest BCUT2D eigenvalue weighted by molar-refractivity contribution is 6.07. The minimum atomic E-state index is -5.01. The summed E-state index contributed by atoms with van der Waals surface area (Å²) in [7, 11) is 0. The smallest absolute Gasteiger partial charge is 0.422 e. The van der Waals surface area contributed by atoms with Gasteiger partial charge in [0.2, 0.25) is 0 Å². The molecule has 0 saturated heterocycles. The number of pyridine rings is 1. The molecule has 3 rings (SSSR count). The number of hydrogen-bond acceptors (Lipinski definition) is 4. The predicted octanol–water partition coefficient (Wildman–Crippen LogP) is 4.48. The van der Waals surface area contributed by atoms with Crippen molar-refractivity contribution in [2.75, 3.05) is 13.2 Å². The molecule has 8 heteroatoms. The van der Waals surface area contributed by atoms with Crippen LogP contribution < -0.4 is 5.32 Å². The van der Waals surface area contributed by atoms with Gasteiger partial charge in [0.1, 0.15) is 0 Å². The van der Waals surface area contributed by atoms with Crippen molar-refractivity contribution in [2.45, 2.75) is 18.7 Å². The molecule has 31 heavy (non-hydrogen) atoms. The SMILES string of the molecule is CCO/C=C/C(O)(CNC(=O)c1cc(-c2ccccc2)nc2ccccc12)C(F)(F)F. The Kier molecular flexibility index (Phi) is 6.60. The van der Waals surface area contributed by atoms with Gasteiger partial charge in [-0.2, -0.15) is 13.2 Å². The van der Waals surface area contributed by atoms with Crippen LogP contribution in [0.2, 0.25) is 0 Å². The fraction of sp³-hybridized carbons (Fsp3) is 0.217. The number of carbonyl (C=O) groups excluding carboxylic acids is 1. The largest absolute Gasteiger partial charge is 0.502 e. The zero-order valence-corrected chi connectivity index (χ0v) is 16.7. The number of carbonyl (C=O) groups is 1. The van der Waals surface area contributed by atoms with Crippen LogP contribution >= 0.6 is 0 Å². The van der Waals surface area contributed by atoms with E-state index < -0.39 is 24.2 Å². The molecule has 1 unspecified atom stereocenters. The number of ether oxygens (including phenoxy) is 1. The van der Waals surface area contributed by atoms with E-state index >= 15 is 0 Å². The van der Waals surface area contributed by atoms with E-state index in [-0.39, 0.29) is 12.2 Å². The molecule has 0 spiro atoms. The molecule has 1 atom stereocenters. The number of aliphatic hydroxyl groups is 1. The van der Waals surface area contributed by atoms with Crippen molar-refractivity contribution in [2.24, 2.45) is 0 Å². The molecule has 0 radical (unpaired) electrons. The van der Waals surface area contributed by atoms with Gasteiger partial charge in [-0.3, -0.25) is 4.79 Å². The van der Waals surface area contributed by atoms with E-state index in [9.17, 15) is 23.1 Å². The lowest BCUT2D eigenvalue weighted by Gasteiger charge is -2.27. The fourth-order valence-electron chi connectivity index (χ4n) is 2.94. The number of nitrogens with zero attached hydrogens (tertiary/aromatic N) is 1. The number of nitrogens with one attached hydrogen (secondary N) is 1. The molecule has 162 valence electrons. The Balaban J connectivity index is 1.94. The highest BCUT2D eigenvalue weighted by Gasteiger charge is 2.52. The Bertz CT molecular complexity index is 1080.